The van der Waals surface area contributed by atoms with E-state index in [0.29, 0.717) is 13.1 Å². The van der Waals surface area contributed by atoms with Crippen LogP contribution < -0.4 is 5.73 Å². The summed E-state index contributed by atoms with van der Waals surface area (Å²) in [7, 11) is 0. The molecular weight excluding hydrogens is 160 g/mol. The average molecular weight is 174 g/mol. The third kappa shape index (κ3) is 1.74. The molecule has 1 amide bonds. The molecule has 4 N–H and O–H groups in total. The number of rotatable bonds is 2. The fraction of sp³-hybridized carbons (Fsp3) is 0.857. The summed E-state index contributed by atoms with van der Waals surface area (Å²) in [5.41, 5.74) is 5.15. The van der Waals surface area contributed by atoms with Crippen molar-refractivity contribution in [2.45, 2.75) is 6.10 Å². The topological polar surface area (TPSA) is 86.8 Å². The number of carbonyl (C=O) groups is 1. The van der Waals surface area contributed by atoms with Crippen molar-refractivity contribution in [2.75, 3.05) is 26.2 Å². The van der Waals surface area contributed by atoms with Crippen LogP contribution in [-0.4, -0.2) is 53.4 Å². The number of aliphatic hydroxyl groups is 2. The van der Waals surface area contributed by atoms with Crippen molar-refractivity contribution < 1.29 is 15.0 Å². The second-order valence-electron chi connectivity index (χ2n) is 3.01. The number of nitrogens with two attached hydrogens (primary N) is 1. The van der Waals surface area contributed by atoms with Crippen LogP contribution >= 0.6 is 0 Å². The van der Waals surface area contributed by atoms with E-state index in [0.717, 1.165) is 0 Å². The zero-order chi connectivity index (χ0) is 9.14. The molecule has 12 heavy (non-hydrogen) atoms. The van der Waals surface area contributed by atoms with E-state index in [1.165, 1.54) is 4.90 Å². The SMILES string of the molecule is NCC(=O)N1C[C@@H](CO)[C@@H](O)C1. The van der Waals surface area contributed by atoms with E-state index in [2.05, 4.69) is 0 Å². The molecule has 0 radical (unpaired) electrons. The molecule has 1 fully saturated rings. The Morgan fingerprint density at radius 3 is 2.67 bits per heavy atom. The lowest BCUT2D eigenvalue weighted by Gasteiger charge is -2.13. The summed E-state index contributed by atoms with van der Waals surface area (Å²) < 4.78 is 0. The van der Waals surface area contributed by atoms with Gasteiger partial charge in [-0.15, -0.1) is 0 Å². The zero-order valence-corrected chi connectivity index (χ0v) is 6.81. The van der Waals surface area contributed by atoms with Crippen molar-refractivity contribution in [3.8, 4) is 0 Å². The van der Waals surface area contributed by atoms with Gasteiger partial charge >= 0.3 is 0 Å². The second-order valence-corrected chi connectivity index (χ2v) is 3.01. The van der Waals surface area contributed by atoms with Crippen LogP contribution in [0, 0.1) is 5.92 Å². The maximum absolute atomic E-state index is 11.0. The maximum Gasteiger partial charge on any atom is 0.236 e. The van der Waals surface area contributed by atoms with E-state index in [-0.39, 0.29) is 25.0 Å². The molecule has 0 spiro atoms. The lowest BCUT2D eigenvalue weighted by molar-refractivity contribution is -0.129. The number of nitrogens with zero attached hydrogens (tertiary/aromatic N) is 1. The fourth-order valence-electron chi connectivity index (χ4n) is 1.37. The normalized spacial score (nSPS) is 29.4. The van der Waals surface area contributed by atoms with Crippen LogP contribution in [-0.2, 0) is 4.79 Å². The van der Waals surface area contributed by atoms with Gasteiger partial charge in [-0.25, -0.2) is 0 Å². The Bertz CT molecular complexity index is 174. The van der Waals surface area contributed by atoms with Crippen LogP contribution in [0.1, 0.15) is 0 Å². The third-order valence-corrected chi connectivity index (χ3v) is 2.17. The minimum Gasteiger partial charge on any atom is -0.396 e. The number of β-amino-alcohol motifs (C(OH)–C–C–N with tert-alkyl or cyclic N) is 1. The first-order valence-corrected chi connectivity index (χ1v) is 3.95. The molecule has 0 aromatic carbocycles. The Hall–Kier alpha value is -0.650. The monoisotopic (exact) mass is 174 g/mol. The predicted molar refractivity (Wildman–Crippen MR) is 42.2 cm³/mol. The summed E-state index contributed by atoms with van der Waals surface area (Å²) in [6, 6.07) is 0. The van der Waals surface area contributed by atoms with E-state index in [1.807, 2.05) is 0 Å². The number of hydrogen-bond donors (Lipinski definition) is 3. The van der Waals surface area contributed by atoms with Gasteiger partial charge in [0.25, 0.3) is 0 Å². The van der Waals surface area contributed by atoms with Gasteiger partial charge in [-0.2, -0.15) is 0 Å². The highest BCUT2D eigenvalue weighted by Gasteiger charge is 2.32. The molecular formula is C7H14N2O3. The molecule has 5 heteroatoms. The van der Waals surface area contributed by atoms with Crippen LogP contribution in [0.4, 0.5) is 0 Å². The molecule has 0 saturated carbocycles. The van der Waals surface area contributed by atoms with E-state index < -0.39 is 6.10 Å². The van der Waals surface area contributed by atoms with Gasteiger partial charge in [0.15, 0.2) is 0 Å². The molecule has 2 atom stereocenters. The summed E-state index contributed by atoms with van der Waals surface area (Å²) >= 11 is 0. The lowest BCUT2D eigenvalue weighted by atomic mass is 10.1. The van der Waals surface area contributed by atoms with Gasteiger partial charge in [0.05, 0.1) is 19.3 Å². The second kappa shape index (κ2) is 3.84. The molecule has 0 bridgehead atoms. The van der Waals surface area contributed by atoms with Gasteiger partial charge in [0.1, 0.15) is 0 Å². The predicted octanol–water partition coefficient (Wildman–Crippen LogP) is -2.24. The highest BCUT2D eigenvalue weighted by atomic mass is 16.3. The Kier molecular flexibility index (Phi) is 3.02. The van der Waals surface area contributed by atoms with Crippen molar-refractivity contribution in [2.24, 2.45) is 11.7 Å². The van der Waals surface area contributed by atoms with E-state index >= 15 is 0 Å². The van der Waals surface area contributed by atoms with E-state index in [9.17, 15) is 9.90 Å². The molecule has 0 aromatic heterocycles. The van der Waals surface area contributed by atoms with Gasteiger partial charge < -0.3 is 20.8 Å². The first-order chi connectivity index (χ1) is 5.69. The highest BCUT2D eigenvalue weighted by Crippen LogP contribution is 2.15. The van der Waals surface area contributed by atoms with Crippen molar-refractivity contribution in [1.29, 1.82) is 0 Å². The van der Waals surface area contributed by atoms with Gasteiger partial charge in [0, 0.05) is 19.0 Å². The van der Waals surface area contributed by atoms with Crippen LogP contribution in [0.15, 0.2) is 0 Å². The third-order valence-electron chi connectivity index (χ3n) is 2.17. The Morgan fingerprint density at radius 1 is 1.58 bits per heavy atom. The van der Waals surface area contributed by atoms with Crippen molar-refractivity contribution in [1.82, 2.24) is 4.90 Å². The van der Waals surface area contributed by atoms with Gasteiger partial charge in [-0.1, -0.05) is 0 Å². The molecule has 1 aliphatic rings. The quantitative estimate of drug-likeness (QED) is 0.441. The molecule has 5 nitrogen and oxygen atoms in total. The lowest BCUT2D eigenvalue weighted by Crippen LogP contribution is -2.34. The Morgan fingerprint density at radius 2 is 2.25 bits per heavy atom. The van der Waals surface area contributed by atoms with Gasteiger partial charge in [-0.3, -0.25) is 4.79 Å². The highest BCUT2D eigenvalue weighted by molar-refractivity contribution is 5.78. The van der Waals surface area contributed by atoms with Crippen LogP contribution in [0.5, 0.6) is 0 Å². The Labute approximate surface area is 70.8 Å². The molecule has 0 aliphatic carbocycles. The number of aliphatic hydroxyl groups excluding tert-OH is 2. The minimum absolute atomic E-state index is 0.0368. The maximum atomic E-state index is 11.0. The summed E-state index contributed by atoms with van der Waals surface area (Å²) in [4.78, 5) is 12.5. The standard InChI is InChI=1S/C7H14N2O3/c8-1-7(12)9-2-5(4-10)6(11)3-9/h5-6,10-11H,1-4,8H2/t5-,6-/m0/s1. The molecule has 0 aromatic rings. The smallest absolute Gasteiger partial charge is 0.236 e. The van der Waals surface area contributed by atoms with Crippen molar-refractivity contribution in [3.63, 3.8) is 0 Å². The molecule has 1 aliphatic heterocycles. The molecule has 1 rings (SSSR count). The Balaban J connectivity index is 2.48. The largest absolute Gasteiger partial charge is 0.396 e. The molecule has 70 valence electrons. The first-order valence-electron chi connectivity index (χ1n) is 3.95. The molecule has 1 saturated heterocycles. The van der Waals surface area contributed by atoms with Crippen LogP contribution in [0.25, 0.3) is 0 Å². The summed E-state index contributed by atoms with van der Waals surface area (Å²) in [5, 5.41) is 18.1. The van der Waals surface area contributed by atoms with Crippen molar-refractivity contribution >= 4 is 5.91 Å². The van der Waals surface area contributed by atoms with Gasteiger partial charge in [0.2, 0.25) is 5.91 Å². The minimum atomic E-state index is -0.606. The van der Waals surface area contributed by atoms with Crippen LogP contribution in [0.2, 0.25) is 0 Å². The number of likely N-dealkylation sites (tertiary alicyclic amines) is 1. The van der Waals surface area contributed by atoms with E-state index in [4.69, 9.17) is 10.8 Å². The van der Waals surface area contributed by atoms with Crippen molar-refractivity contribution in [3.05, 3.63) is 0 Å². The van der Waals surface area contributed by atoms with Crippen LogP contribution in [0.3, 0.4) is 0 Å². The number of carbonyl (C=O) groups excluding carboxylic acids is 1. The average Bonchev–Trinajstić information content (AvgIpc) is 2.45. The summed E-state index contributed by atoms with van der Waals surface area (Å²) in [6.45, 7) is 0.579. The zero-order valence-electron chi connectivity index (χ0n) is 6.81. The number of amides is 1. The molecule has 0 unspecified atom stereocenters. The molecule has 1 heterocycles. The fourth-order valence-corrected chi connectivity index (χ4v) is 1.37. The number of hydrogen-bond acceptors (Lipinski definition) is 4. The summed E-state index contributed by atoms with van der Waals surface area (Å²) in [6.07, 6.45) is -0.606. The first kappa shape index (κ1) is 9.44. The van der Waals surface area contributed by atoms with E-state index in [1.54, 1.807) is 0 Å². The summed E-state index contributed by atoms with van der Waals surface area (Å²) in [5.74, 6) is -0.384. The van der Waals surface area contributed by atoms with Gasteiger partial charge in [-0.05, 0) is 0 Å².